The number of rotatable bonds is 8. The van der Waals surface area contributed by atoms with Crippen molar-refractivity contribution in [2.45, 2.75) is 25.9 Å². The maximum absolute atomic E-state index is 12.8. The fourth-order valence-corrected chi connectivity index (χ4v) is 4.35. The summed E-state index contributed by atoms with van der Waals surface area (Å²) in [7, 11) is 3.25. The Morgan fingerprint density at radius 1 is 1.03 bits per heavy atom. The zero-order valence-corrected chi connectivity index (χ0v) is 19.0. The molecular weight excluding hydrogens is 402 g/mol. The molecule has 1 aromatic heterocycles. The van der Waals surface area contributed by atoms with E-state index in [-0.39, 0.29) is 11.9 Å². The van der Waals surface area contributed by atoms with E-state index in [4.69, 9.17) is 9.47 Å². The molecule has 0 fully saturated rings. The summed E-state index contributed by atoms with van der Waals surface area (Å²) < 4.78 is 12.9. The fourth-order valence-electron chi connectivity index (χ4n) is 4.35. The van der Waals surface area contributed by atoms with Crippen molar-refractivity contribution in [1.29, 1.82) is 0 Å². The van der Waals surface area contributed by atoms with Crippen molar-refractivity contribution in [1.82, 2.24) is 14.8 Å². The molecule has 1 aliphatic rings. The minimum Gasteiger partial charge on any atom is -0.493 e. The van der Waals surface area contributed by atoms with Gasteiger partial charge in [-0.25, -0.2) is 0 Å². The molecule has 6 nitrogen and oxygen atoms in total. The van der Waals surface area contributed by atoms with Crippen molar-refractivity contribution in [2.24, 2.45) is 0 Å². The minimum absolute atomic E-state index is 0.0441. The molecule has 1 N–H and O–H groups in total. The van der Waals surface area contributed by atoms with Gasteiger partial charge in [0.1, 0.15) is 0 Å². The van der Waals surface area contributed by atoms with Crippen molar-refractivity contribution in [3.8, 4) is 11.5 Å². The zero-order valence-electron chi connectivity index (χ0n) is 19.0. The van der Waals surface area contributed by atoms with Crippen molar-refractivity contribution < 1.29 is 14.3 Å². The number of carbonyl (C=O) groups is 1. The molecule has 0 radical (unpaired) electrons. The molecule has 0 aliphatic carbocycles. The normalized spacial score (nSPS) is 15.8. The number of methoxy groups -OCH3 is 2. The molecule has 3 aromatic rings. The molecule has 0 saturated carbocycles. The third-order valence-electron chi connectivity index (χ3n) is 6.06. The number of hydrogen-bond acceptors (Lipinski definition) is 4. The van der Waals surface area contributed by atoms with Crippen LogP contribution in [0, 0.1) is 6.92 Å². The van der Waals surface area contributed by atoms with E-state index in [9.17, 15) is 4.79 Å². The Hall–Kier alpha value is -3.25. The SMILES string of the molecule is COc1ccc(CCNC(=O)CN2CCn3cccc3C2c2ccc(C)cc2)cc1OC. The molecule has 0 bridgehead atoms. The van der Waals surface area contributed by atoms with Gasteiger partial charge in [-0.1, -0.05) is 35.9 Å². The van der Waals surface area contributed by atoms with E-state index in [2.05, 4.69) is 64.3 Å². The van der Waals surface area contributed by atoms with E-state index in [1.54, 1.807) is 14.2 Å². The highest BCUT2D eigenvalue weighted by Crippen LogP contribution is 2.32. The maximum atomic E-state index is 12.8. The van der Waals surface area contributed by atoms with Crippen LogP contribution in [0.5, 0.6) is 11.5 Å². The first-order valence-corrected chi connectivity index (χ1v) is 11.0. The summed E-state index contributed by atoms with van der Waals surface area (Å²) in [4.78, 5) is 15.1. The van der Waals surface area contributed by atoms with Crippen LogP contribution in [-0.4, -0.2) is 49.2 Å². The monoisotopic (exact) mass is 433 g/mol. The largest absolute Gasteiger partial charge is 0.493 e. The summed E-state index contributed by atoms with van der Waals surface area (Å²) in [6.07, 6.45) is 2.85. The van der Waals surface area contributed by atoms with E-state index >= 15 is 0 Å². The van der Waals surface area contributed by atoms with Crippen LogP contribution in [0.3, 0.4) is 0 Å². The highest BCUT2D eigenvalue weighted by Gasteiger charge is 2.29. The van der Waals surface area contributed by atoms with Gasteiger partial charge in [-0.3, -0.25) is 9.69 Å². The van der Waals surface area contributed by atoms with Gasteiger partial charge in [-0.05, 0) is 48.7 Å². The van der Waals surface area contributed by atoms with E-state index in [1.807, 2.05) is 18.2 Å². The molecule has 32 heavy (non-hydrogen) atoms. The second kappa shape index (κ2) is 9.92. The lowest BCUT2D eigenvalue weighted by atomic mass is 9.99. The molecule has 1 atom stereocenters. The fraction of sp³-hybridized carbons (Fsp3) is 0.346. The van der Waals surface area contributed by atoms with E-state index < -0.39 is 0 Å². The van der Waals surface area contributed by atoms with E-state index in [0.717, 1.165) is 25.1 Å². The first-order valence-electron chi connectivity index (χ1n) is 11.0. The van der Waals surface area contributed by atoms with Crippen LogP contribution in [0.25, 0.3) is 0 Å². The standard InChI is InChI=1S/C26H31N3O3/c1-19-6-9-21(10-7-19)26-22-5-4-14-28(22)15-16-29(26)18-25(30)27-13-12-20-8-11-23(31-2)24(17-20)32-3/h4-11,14,17,26H,12-13,15-16,18H2,1-3H3,(H,27,30). The lowest BCUT2D eigenvalue weighted by Gasteiger charge is -2.37. The Labute approximate surface area is 189 Å². The second-order valence-electron chi connectivity index (χ2n) is 8.20. The topological polar surface area (TPSA) is 55.7 Å². The average Bonchev–Trinajstić information content (AvgIpc) is 3.28. The Balaban J connectivity index is 1.39. The molecule has 2 heterocycles. The molecule has 1 amide bonds. The number of amides is 1. The molecule has 2 aromatic carbocycles. The van der Waals surface area contributed by atoms with Crippen LogP contribution in [0.15, 0.2) is 60.8 Å². The maximum Gasteiger partial charge on any atom is 0.234 e. The number of fused-ring (bicyclic) bond motifs is 1. The van der Waals surface area contributed by atoms with Gasteiger partial charge in [-0.2, -0.15) is 0 Å². The Kier molecular flexibility index (Phi) is 6.81. The van der Waals surface area contributed by atoms with Gasteiger partial charge >= 0.3 is 0 Å². The van der Waals surface area contributed by atoms with Gasteiger partial charge in [0.05, 0.1) is 26.8 Å². The molecule has 4 rings (SSSR count). The van der Waals surface area contributed by atoms with Crippen LogP contribution < -0.4 is 14.8 Å². The van der Waals surface area contributed by atoms with Gasteiger partial charge in [0.2, 0.25) is 5.91 Å². The summed E-state index contributed by atoms with van der Waals surface area (Å²) >= 11 is 0. The van der Waals surface area contributed by atoms with Crippen molar-refractivity contribution in [2.75, 3.05) is 33.9 Å². The lowest BCUT2D eigenvalue weighted by molar-refractivity contribution is -0.122. The first kappa shape index (κ1) is 22.0. The number of aryl methyl sites for hydroxylation is 1. The van der Waals surface area contributed by atoms with Crippen molar-refractivity contribution in [3.63, 3.8) is 0 Å². The van der Waals surface area contributed by atoms with Gasteiger partial charge in [0.25, 0.3) is 0 Å². The number of hydrogen-bond donors (Lipinski definition) is 1. The number of ether oxygens (including phenoxy) is 2. The van der Waals surface area contributed by atoms with Gasteiger partial charge in [0.15, 0.2) is 11.5 Å². The molecular formula is C26H31N3O3. The molecule has 1 unspecified atom stereocenters. The lowest BCUT2D eigenvalue weighted by Crippen LogP contribution is -2.44. The zero-order chi connectivity index (χ0) is 22.5. The van der Waals surface area contributed by atoms with E-state index in [1.165, 1.54) is 16.8 Å². The van der Waals surface area contributed by atoms with Gasteiger partial charge in [-0.15, -0.1) is 0 Å². The summed E-state index contributed by atoms with van der Waals surface area (Å²) in [5.74, 6) is 1.45. The van der Waals surface area contributed by atoms with Crippen molar-refractivity contribution in [3.05, 3.63) is 83.2 Å². The van der Waals surface area contributed by atoms with E-state index in [0.29, 0.717) is 24.6 Å². The third kappa shape index (κ3) is 4.81. The summed E-state index contributed by atoms with van der Waals surface area (Å²) in [6, 6.07) is 18.8. The van der Waals surface area contributed by atoms with Crippen molar-refractivity contribution >= 4 is 5.91 Å². The Bertz CT molecular complexity index is 1060. The molecule has 0 spiro atoms. The van der Waals surface area contributed by atoms with Gasteiger partial charge in [0, 0.05) is 31.5 Å². The minimum atomic E-state index is 0.0441. The highest BCUT2D eigenvalue weighted by molar-refractivity contribution is 5.78. The third-order valence-corrected chi connectivity index (χ3v) is 6.06. The number of aromatic nitrogens is 1. The van der Waals surface area contributed by atoms with Crippen LogP contribution >= 0.6 is 0 Å². The molecule has 1 aliphatic heterocycles. The smallest absolute Gasteiger partial charge is 0.234 e. The summed E-state index contributed by atoms with van der Waals surface area (Å²) in [5.41, 5.74) is 4.78. The predicted octanol–water partition coefficient (Wildman–Crippen LogP) is 3.58. The molecule has 168 valence electrons. The molecule has 6 heteroatoms. The highest BCUT2D eigenvalue weighted by atomic mass is 16.5. The summed E-state index contributed by atoms with van der Waals surface area (Å²) in [5, 5.41) is 3.08. The number of nitrogens with one attached hydrogen (secondary N) is 1. The summed E-state index contributed by atoms with van der Waals surface area (Å²) in [6.45, 7) is 4.77. The number of nitrogens with zero attached hydrogens (tertiary/aromatic N) is 2. The Morgan fingerprint density at radius 2 is 1.81 bits per heavy atom. The predicted molar refractivity (Wildman–Crippen MR) is 125 cm³/mol. The first-order chi connectivity index (χ1) is 15.6. The Morgan fingerprint density at radius 3 is 2.56 bits per heavy atom. The van der Waals surface area contributed by atoms with Crippen LogP contribution in [-0.2, 0) is 17.8 Å². The average molecular weight is 434 g/mol. The molecule has 0 saturated heterocycles. The van der Waals surface area contributed by atoms with Crippen LogP contribution in [0.4, 0.5) is 0 Å². The second-order valence-corrected chi connectivity index (χ2v) is 8.20. The number of carbonyl (C=O) groups excluding carboxylic acids is 1. The quantitative estimate of drug-likeness (QED) is 0.590. The van der Waals surface area contributed by atoms with Crippen LogP contribution in [0.1, 0.15) is 28.4 Å². The van der Waals surface area contributed by atoms with Gasteiger partial charge < -0.3 is 19.4 Å². The number of benzene rings is 2. The van der Waals surface area contributed by atoms with Crippen LogP contribution in [0.2, 0.25) is 0 Å².